The second kappa shape index (κ2) is 38.5. The first-order valence-corrected chi connectivity index (χ1v) is 19.2. The molecule has 0 unspecified atom stereocenters. The highest BCUT2D eigenvalue weighted by Crippen LogP contribution is 2.17. The van der Waals surface area contributed by atoms with Crippen LogP contribution in [-0.2, 0) is 0 Å². The van der Waals surface area contributed by atoms with Crippen LogP contribution in [-0.4, -0.2) is 0 Å². The quantitative estimate of drug-likeness (QED) is 0.0530. The summed E-state index contributed by atoms with van der Waals surface area (Å²) < 4.78 is 0. The summed E-state index contributed by atoms with van der Waals surface area (Å²) in [6.07, 6.45) is 57.5. The molecule has 0 atom stereocenters. The first kappa shape index (κ1) is 39.5. The number of rotatable bonds is 36. The van der Waals surface area contributed by atoms with Crippen molar-refractivity contribution in [3.8, 4) is 0 Å². The Morgan fingerprint density at radius 1 is 0.300 bits per heavy atom. The van der Waals surface area contributed by atoms with Crippen molar-refractivity contribution >= 4 is 0 Å². The largest absolute Gasteiger partial charge is 0.0991 e. The number of allylic oxidation sites excluding steroid dienone is 3. The summed E-state index contributed by atoms with van der Waals surface area (Å²) in [7, 11) is 0. The predicted molar refractivity (Wildman–Crippen MR) is 187 cm³/mol. The SMILES string of the molecule is C=C/C=C/CCCCCCCCCCCCCCCCCCCCCCCCCCCCCCCCCCCC. The molecular weight excluding hydrogens is 480 g/mol. The van der Waals surface area contributed by atoms with Crippen molar-refractivity contribution in [2.45, 2.75) is 232 Å². The third-order valence-electron chi connectivity index (χ3n) is 9.00. The summed E-state index contributed by atoms with van der Waals surface area (Å²) in [6.45, 7) is 6.03. The first-order valence-electron chi connectivity index (χ1n) is 19.2. The highest BCUT2D eigenvalue weighted by molar-refractivity contribution is 4.96. The molecule has 0 aromatic rings. The molecular formula is C40H78. The minimum atomic E-state index is 1.23. The van der Waals surface area contributed by atoms with Crippen LogP contribution in [0.2, 0.25) is 0 Å². The number of hydrogen-bond donors (Lipinski definition) is 0. The summed E-state index contributed by atoms with van der Waals surface area (Å²) in [5.41, 5.74) is 0. The van der Waals surface area contributed by atoms with E-state index >= 15 is 0 Å². The third kappa shape index (κ3) is 37.5. The fourth-order valence-electron chi connectivity index (χ4n) is 6.18. The molecule has 0 N–H and O–H groups in total. The summed E-state index contributed by atoms with van der Waals surface area (Å²) in [6, 6.07) is 0. The third-order valence-corrected chi connectivity index (χ3v) is 9.00. The molecule has 40 heavy (non-hydrogen) atoms. The van der Waals surface area contributed by atoms with Gasteiger partial charge < -0.3 is 0 Å². The maximum absolute atomic E-state index is 3.72. The zero-order valence-corrected chi connectivity index (χ0v) is 28.2. The standard InChI is InChI=1S/C40H78/c1-3-5-7-9-11-13-15-17-19-21-23-25-27-29-31-33-35-37-39-40-38-36-34-32-30-28-26-24-22-20-18-16-14-12-10-8-6-4-2/h3,5,7H,1,4,6,8-40H2,2H3/b7-5+. The molecule has 0 nitrogen and oxygen atoms in total. The van der Waals surface area contributed by atoms with E-state index in [4.69, 9.17) is 0 Å². The Morgan fingerprint density at radius 2 is 0.500 bits per heavy atom. The van der Waals surface area contributed by atoms with Gasteiger partial charge in [-0.05, 0) is 12.8 Å². The van der Waals surface area contributed by atoms with Crippen LogP contribution >= 0.6 is 0 Å². The smallest absolute Gasteiger partial charge is 0.0348 e. The van der Waals surface area contributed by atoms with Gasteiger partial charge in [0.05, 0.1) is 0 Å². The lowest BCUT2D eigenvalue weighted by molar-refractivity contribution is 0.511. The highest BCUT2D eigenvalue weighted by Gasteiger charge is 1.97. The van der Waals surface area contributed by atoms with Gasteiger partial charge >= 0.3 is 0 Å². The van der Waals surface area contributed by atoms with Crippen molar-refractivity contribution < 1.29 is 0 Å². The van der Waals surface area contributed by atoms with Crippen molar-refractivity contribution in [3.63, 3.8) is 0 Å². The molecule has 0 aromatic carbocycles. The molecule has 0 aliphatic rings. The Morgan fingerprint density at radius 3 is 0.700 bits per heavy atom. The van der Waals surface area contributed by atoms with E-state index in [2.05, 4.69) is 25.7 Å². The molecule has 0 rings (SSSR count). The molecule has 0 bridgehead atoms. The van der Waals surface area contributed by atoms with E-state index in [1.807, 2.05) is 6.08 Å². The molecule has 0 aliphatic carbocycles. The van der Waals surface area contributed by atoms with Crippen LogP contribution in [0.15, 0.2) is 24.8 Å². The minimum Gasteiger partial charge on any atom is -0.0991 e. The van der Waals surface area contributed by atoms with Gasteiger partial charge in [0.15, 0.2) is 0 Å². The first-order chi connectivity index (χ1) is 19.9. The second-order valence-electron chi connectivity index (χ2n) is 13.1. The summed E-state index contributed by atoms with van der Waals surface area (Å²) in [4.78, 5) is 0. The number of hydrogen-bond acceptors (Lipinski definition) is 0. The lowest BCUT2D eigenvalue weighted by atomic mass is 10.0. The number of unbranched alkanes of at least 4 members (excludes halogenated alkanes) is 34. The van der Waals surface area contributed by atoms with Crippen molar-refractivity contribution in [1.82, 2.24) is 0 Å². The Labute approximate surface area is 256 Å². The van der Waals surface area contributed by atoms with Crippen LogP contribution in [0.4, 0.5) is 0 Å². The lowest BCUT2D eigenvalue weighted by Crippen LogP contribution is -1.85. The minimum absolute atomic E-state index is 1.23. The molecule has 0 spiro atoms. The zero-order valence-electron chi connectivity index (χ0n) is 28.2. The average Bonchev–Trinajstić information content (AvgIpc) is 2.97. The topological polar surface area (TPSA) is 0 Å². The van der Waals surface area contributed by atoms with Crippen molar-refractivity contribution in [2.24, 2.45) is 0 Å². The van der Waals surface area contributed by atoms with E-state index in [-0.39, 0.29) is 0 Å². The van der Waals surface area contributed by atoms with E-state index < -0.39 is 0 Å². The van der Waals surface area contributed by atoms with Crippen LogP contribution in [0.3, 0.4) is 0 Å². The molecule has 0 radical (unpaired) electrons. The van der Waals surface area contributed by atoms with Gasteiger partial charge in [0.25, 0.3) is 0 Å². The highest BCUT2D eigenvalue weighted by atomic mass is 14.0. The Balaban J connectivity index is 3.03. The van der Waals surface area contributed by atoms with Gasteiger partial charge in [0.1, 0.15) is 0 Å². The van der Waals surface area contributed by atoms with Gasteiger partial charge in [0.2, 0.25) is 0 Å². The van der Waals surface area contributed by atoms with Gasteiger partial charge in [-0.25, -0.2) is 0 Å². The van der Waals surface area contributed by atoms with Gasteiger partial charge in [-0.2, -0.15) is 0 Å². The zero-order chi connectivity index (χ0) is 28.9. The fourth-order valence-corrected chi connectivity index (χ4v) is 6.18. The molecule has 238 valence electrons. The van der Waals surface area contributed by atoms with Crippen LogP contribution in [0.25, 0.3) is 0 Å². The Hall–Kier alpha value is -0.520. The van der Waals surface area contributed by atoms with Gasteiger partial charge in [0, 0.05) is 0 Å². The van der Waals surface area contributed by atoms with E-state index in [1.165, 1.54) is 225 Å². The summed E-state index contributed by atoms with van der Waals surface area (Å²) in [5, 5.41) is 0. The van der Waals surface area contributed by atoms with Crippen LogP contribution in [0.1, 0.15) is 232 Å². The predicted octanol–water partition coefficient (Wildman–Crippen LogP) is 15.4. The summed E-state index contributed by atoms with van der Waals surface area (Å²) in [5.74, 6) is 0. The van der Waals surface area contributed by atoms with Crippen molar-refractivity contribution in [3.05, 3.63) is 24.8 Å². The molecule has 0 aromatic heterocycles. The molecule has 0 amide bonds. The maximum Gasteiger partial charge on any atom is -0.0348 e. The molecule has 0 aliphatic heterocycles. The van der Waals surface area contributed by atoms with Gasteiger partial charge in [-0.3, -0.25) is 0 Å². The molecule has 0 saturated heterocycles. The molecule has 0 saturated carbocycles. The van der Waals surface area contributed by atoms with Crippen LogP contribution in [0.5, 0.6) is 0 Å². The summed E-state index contributed by atoms with van der Waals surface area (Å²) >= 11 is 0. The molecule has 0 heterocycles. The van der Waals surface area contributed by atoms with Crippen molar-refractivity contribution in [1.29, 1.82) is 0 Å². The normalized spacial score (nSPS) is 11.6. The van der Waals surface area contributed by atoms with Crippen LogP contribution in [0, 0.1) is 0 Å². The van der Waals surface area contributed by atoms with E-state index in [0.29, 0.717) is 0 Å². The van der Waals surface area contributed by atoms with E-state index in [1.54, 1.807) is 0 Å². The molecule has 0 fully saturated rings. The second-order valence-corrected chi connectivity index (χ2v) is 13.1. The Bertz CT molecular complexity index is 461. The van der Waals surface area contributed by atoms with Gasteiger partial charge in [-0.1, -0.05) is 244 Å². The maximum atomic E-state index is 3.72. The molecule has 0 heteroatoms. The fraction of sp³-hybridized carbons (Fsp3) is 0.900. The van der Waals surface area contributed by atoms with Crippen molar-refractivity contribution in [2.75, 3.05) is 0 Å². The average molecular weight is 559 g/mol. The Kier molecular flexibility index (Phi) is 38.0. The monoisotopic (exact) mass is 559 g/mol. The van der Waals surface area contributed by atoms with Gasteiger partial charge in [-0.15, -0.1) is 0 Å². The lowest BCUT2D eigenvalue weighted by Gasteiger charge is -2.05. The van der Waals surface area contributed by atoms with E-state index in [9.17, 15) is 0 Å². The van der Waals surface area contributed by atoms with E-state index in [0.717, 1.165) is 0 Å². The van der Waals surface area contributed by atoms with Crippen LogP contribution < -0.4 is 0 Å².